The van der Waals surface area contributed by atoms with E-state index >= 15 is 0 Å². The van der Waals surface area contributed by atoms with Crippen molar-refractivity contribution < 1.29 is 33.9 Å². The summed E-state index contributed by atoms with van der Waals surface area (Å²) in [5.74, 6) is -2.15. The lowest BCUT2D eigenvalue weighted by Crippen LogP contribution is -2.54. The number of ether oxygens (including phenoxy) is 2. The Morgan fingerprint density at radius 1 is 0.923 bits per heavy atom. The van der Waals surface area contributed by atoms with E-state index in [0.29, 0.717) is 45.2 Å². The van der Waals surface area contributed by atoms with Gasteiger partial charge in [-0.3, -0.25) is 39.1 Å². The summed E-state index contributed by atoms with van der Waals surface area (Å²) in [6.07, 6.45) is 8.35. The van der Waals surface area contributed by atoms with Crippen LogP contribution in [-0.2, 0) is 32.0 Å². The Bertz CT molecular complexity index is 1980. The highest BCUT2D eigenvalue weighted by Crippen LogP contribution is 2.39. The molecule has 2 aliphatic heterocycles. The first-order valence-corrected chi connectivity index (χ1v) is 17.6. The van der Waals surface area contributed by atoms with Crippen molar-refractivity contribution in [2.45, 2.75) is 50.7 Å². The summed E-state index contributed by atoms with van der Waals surface area (Å²) in [4.78, 5) is 55.4. The van der Waals surface area contributed by atoms with Gasteiger partial charge in [0, 0.05) is 68.6 Å². The van der Waals surface area contributed by atoms with E-state index in [2.05, 4.69) is 40.0 Å². The number of fused-ring (bicyclic) bond motifs is 2. The van der Waals surface area contributed by atoms with Gasteiger partial charge in [-0.05, 0) is 66.6 Å². The third-order valence-electron chi connectivity index (χ3n) is 9.74. The second-order valence-electron chi connectivity index (χ2n) is 13.1. The molecular formula is C38H41N7O7. The maximum Gasteiger partial charge on any atom is 0.264 e. The molecule has 2 aromatic carbocycles. The van der Waals surface area contributed by atoms with Gasteiger partial charge in [0.2, 0.25) is 11.8 Å². The van der Waals surface area contributed by atoms with Crippen LogP contribution in [0.3, 0.4) is 0 Å². The van der Waals surface area contributed by atoms with E-state index in [1.165, 1.54) is 10.6 Å². The number of pyridine rings is 1. The number of benzene rings is 2. The van der Waals surface area contributed by atoms with E-state index in [-0.39, 0.29) is 30.0 Å². The zero-order valence-electron chi connectivity index (χ0n) is 28.9. The molecule has 1 aliphatic carbocycles. The highest BCUT2D eigenvalue weighted by atomic mass is 16.5. The van der Waals surface area contributed by atoms with Gasteiger partial charge in [0.05, 0.1) is 37.0 Å². The van der Waals surface area contributed by atoms with Crippen LogP contribution in [-0.4, -0.2) is 99.6 Å². The third kappa shape index (κ3) is 7.23. The van der Waals surface area contributed by atoms with Gasteiger partial charge in [0.15, 0.2) is 0 Å². The molecule has 7 rings (SSSR count). The van der Waals surface area contributed by atoms with Crippen LogP contribution in [0.15, 0.2) is 67.1 Å². The Morgan fingerprint density at radius 3 is 2.52 bits per heavy atom. The van der Waals surface area contributed by atoms with E-state index in [4.69, 9.17) is 14.6 Å². The fourth-order valence-corrected chi connectivity index (χ4v) is 7.19. The number of hydrogen-bond acceptors (Lipinski definition) is 11. The lowest BCUT2D eigenvalue weighted by Gasteiger charge is -2.27. The Labute approximate surface area is 300 Å². The second kappa shape index (κ2) is 15.5. The van der Waals surface area contributed by atoms with Crippen LogP contribution in [0.2, 0.25) is 0 Å². The maximum absolute atomic E-state index is 13.3. The summed E-state index contributed by atoms with van der Waals surface area (Å²) in [6, 6.07) is 14.3. The van der Waals surface area contributed by atoms with Crippen molar-refractivity contribution in [1.29, 1.82) is 0 Å². The van der Waals surface area contributed by atoms with E-state index < -0.39 is 29.7 Å². The fraction of sp³-hybridized carbons (Fsp3) is 0.368. The molecule has 1 fully saturated rings. The molecule has 4 amide bonds. The van der Waals surface area contributed by atoms with Crippen LogP contribution in [0.4, 0.5) is 5.69 Å². The van der Waals surface area contributed by atoms with Crippen molar-refractivity contribution >= 4 is 29.3 Å². The van der Waals surface area contributed by atoms with Crippen molar-refractivity contribution in [3.05, 3.63) is 89.4 Å². The molecular weight excluding hydrogens is 666 g/mol. The van der Waals surface area contributed by atoms with Crippen molar-refractivity contribution in [2.75, 3.05) is 45.3 Å². The second-order valence-corrected chi connectivity index (χ2v) is 13.1. The number of imide groups is 2. The lowest BCUT2D eigenvalue weighted by molar-refractivity contribution is -0.136. The normalized spacial score (nSPS) is 18.2. The number of aromatic nitrogens is 3. The molecule has 0 radical (unpaired) electrons. The summed E-state index contributed by atoms with van der Waals surface area (Å²) < 4.78 is 13.5. The number of carbonyl (C=O) groups is 4. The lowest BCUT2D eigenvalue weighted by atomic mass is 9.98. The summed E-state index contributed by atoms with van der Waals surface area (Å²) in [5.41, 5.74) is 7.35. The molecule has 0 bridgehead atoms. The first-order valence-electron chi connectivity index (χ1n) is 17.6. The van der Waals surface area contributed by atoms with Gasteiger partial charge in [-0.2, -0.15) is 10.2 Å². The van der Waals surface area contributed by atoms with Gasteiger partial charge >= 0.3 is 0 Å². The van der Waals surface area contributed by atoms with Crippen LogP contribution >= 0.6 is 0 Å². The predicted molar refractivity (Wildman–Crippen MR) is 189 cm³/mol. The molecule has 0 spiro atoms. The number of anilines is 1. The van der Waals surface area contributed by atoms with Gasteiger partial charge in [0.25, 0.3) is 11.8 Å². The van der Waals surface area contributed by atoms with E-state index in [1.54, 1.807) is 37.6 Å². The molecule has 14 heteroatoms. The fourth-order valence-electron chi connectivity index (χ4n) is 7.19. The first kappa shape index (κ1) is 35.1. The average Bonchev–Trinajstić information content (AvgIpc) is 3.84. The molecule has 52 heavy (non-hydrogen) atoms. The number of hydroxylamine groups is 2. The van der Waals surface area contributed by atoms with Gasteiger partial charge in [0.1, 0.15) is 11.7 Å². The number of aryl methyl sites for hydroxylation is 2. The highest BCUT2D eigenvalue weighted by molar-refractivity contribution is 6.25. The van der Waals surface area contributed by atoms with Crippen LogP contribution in [0.5, 0.6) is 0 Å². The average molecular weight is 708 g/mol. The molecule has 4 heterocycles. The largest absolute Gasteiger partial charge is 0.382 e. The standard InChI is InChI=1S/C38H41N7O7/c1-43(50)31-9-7-25-22-26(6-8-27(25)31)29-23-44(42-35(29)24-12-14-39-15-13-24)17-3-18-51-20-21-52-19-16-40-30-5-2-4-28-34(30)38(49)45(37(28)48)32-10-11-33(46)41-36(32)47/h2,4-6,8,12-15,22-23,31-32,40,50H,3,7,9-11,16-21H2,1H3,(H,41,46,47). The molecule has 0 saturated carbocycles. The molecule has 2 unspecified atom stereocenters. The van der Waals surface area contributed by atoms with Gasteiger partial charge < -0.3 is 20.0 Å². The zero-order chi connectivity index (χ0) is 36.2. The Hall–Kier alpha value is -5.28. The maximum atomic E-state index is 13.3. The van der Waals surface area contributed by atoms with Gasteiger partial charge in [-0.15, -0.1) is 0 Å². The third-order valence-corrected chi connectivity index (χ3v) is 9.74. The smallest absolute Gasteiger partial charge is 0.264 e. The summed E-state index contributed by atoms with van der Waals surface area (Å²) in [6.45, 7) is 2.75. The minimum absolute atomic E-state index is 0.0188. The van der Waals surface area contributed by atoms with Crippen LogP contribution in [0.1, 0.15) is 63.6 Å². The van der Waals surface area contributed by atoms with Gasteiger partial charge in [-0.25, -0.2) is 0 Å². The first-order chi connectivity index (χ1) is 25.3. The van der Waals surface area contributed by atoms with Crippen molar-refractivity contribution in [2.24, 2.45) is 0 Å². The quantitative estimate of drug-likeness (QED) is 0.0933. The summed E-state index contributed by atoms with van der Waals surface area (Å²) >= 11 is 0. The topological polar surface area (TPSA) is 168 Å². The SMILES string of the molecule is CN(O)C1CCc2cc(-c3cn(CCCOCCOCCNc4cccc5c4C(=O)N(C4CCC(=O)NC4=O)C5=O)nc3-c3ccncc3)ccc21. The highest BCUT2D eigenvalue weighted by Gasteiger charge is 2.45. The van der Waals surface area contributed by atoms with Crippen LogP contribution in [0.25, 0.3) is 22.4 Å². The number of piperidine rings is 1. The molecule has 1 saturated heterocycles. The Kier molecular flexibility index (Phi) is 10.5. The van der Waals surface area contributed by atoms with Gasteiger partial charge in [-0.1, -0.05) is 24.3 Å². The number of amides is 4. The number of nitrogens with zero attached hydrogens (tertiary/aromatic N) is 5. The van der Waals surface area contributed by atoms with Crippen molar-refractivity contribution in [3.63, 3.8) is 0 Å². The monoisotopic (exact) mass is 707 g/mol. The summed E-state index contributed by atoms with van der Waals surface area (Å²) in [7, 11) is 1.70. The number of hydrogen-bond donors (Lipinski definition) is 3. The number of carbonyl (C=O) groups excluding carboxylic acids is 4. The minimum Gasteiger partial charge on any atom is -0.382 e. The molecule has 2 atom stereocenters. The molecule has 3 N–H and O–H groups in total. The Balaban J connectivity index is 0.860. The Morgan fingerprint density at radius 2 is 1.73 bits per heavy atom. The van der Waals surface area contributed by atoms with Crippen molar-refractivity contribution in [1.82, 2.24) is 30.0 Å². The van der Waals surface area contributed by atoms with Crippen LogP contribution < -0.4 is 10.6 Å². The van der Waals surface area contributed by atoms with E-state index in [0.717, 1.165) is 52.1 Å². The number of nitrogens with one attached hydrogen (secondary N) is 2. The van der Waals surface area contributed by atoms with Crippen molar-refractivity contribution in [3.8, 4) is 22.4 Å². The molecule has 4 aromatic rings. The molecule has 270 valence electrons. The minimum atomic E-state index is -1.01. The van der Waals surface area contributed by atoms with E-state index in [1.807, 2.05) is 16.8 Å². The molecule has 3 aliphatic rings. The molecule has 14 nitrogen and oxygen atoms in total. The van der Waals surface area contributed by atoms with Crippen LogP contribution in [0, 0.1) is 0 Å². The molecule has 2 aromatic heterocycles. The zero-order valence-corrected chi connectivity index (χ0v) is 28.9. The summed E-state index contributed by atoms with van der Waals surface area (Å²) in [5, 5.41) is 21.7. The van der Waals surface area contributed by atoms with E-state index in [9.17, 15) is 24.4 Å². The predicted octanol–water partition coefficient (Wildman–Crippen LogP) is 3.86. The number of rotatable bonds is 15.